The van der Waals surface area contributed by atoms with E-state index in [1.54, 1.807) is 7.11 Å². The number of para-hydroxylation sites is 1. The number of benzene rings is 1. The van der Waals surface area contributed by atoms with Gasteiger partial charge in [-0.25, -0.2) is 0 Å². The molecule has 96 valence electrons. The second-order valence-electron chi connectivity index (χ2n) is 5.16. The van der Waals surface area contributed by atoms with Gasteiger partial charge in [0.2, 0.25) is 0 Å². The Labute approximate surface area is 105 Å². The zero-order chi connectivity index (χ0) is 12.8. The average Bonchev–Trinajstić information content (AvgIpc) is 2.27. The van der Waals surface area contributed by atoms with E-state index < -0.39 is 0 Å². The SMILES string of the molecule is COc1ccccc1[C@H](C)NC(C)CC(C)C. The molecule has 1 unspecified atom stereocenters. The van der Waals surface area contributed by atoms with Crippen molar-refractivity contribution in [1.29, 1.82) is 0 Å². The average molecular weight is 235 g/mol. The molecular formula is C15H25NO. The van der Waals surface area contributed by atoms with E-state index in [9.17, 15) is 0 Å². The van der Waals surface area contributed by atoms with Crippen LogP contribution in [-0.2, 0) is 0 Å². The first-order valence-corrected chi connectivity index (χ1v) is 6.43. The maximum Gasteiger partial charge on any atom is 0.123 e. The second-order valence-corrected chi connectivity index (χ2v) is 5.16. The van der Waals surface area contributed by atoms with Crippen molar-refractivity contribution in [2.24, 2.45) is 5.92 Å². The minimum absolute atomic E-state index is 0.319. The van der Waals surface area contributed by atoms with Gasteiger partial charge < -0.3 is 10.1 Å². The van der Waals surface area contributed by atoms with Crippen LogP contribution in [0.1, 0.15) is 45.7 Å². The number of methoxy groups -OCH3 is 1. The lowest BCUT2D eigenvalue weighted by Crippen LogP contribution is -2.30. The van der Waals surface area contributed by atoms with Crippen molar-refractivity contribution in [2.45, 2.75) is 46.2 Å². The van der Waals surface area contributed by atoms with Gasteiger partial charge >= 0.3 is 0 Å². The fourth-order valence-corrected chi connectivity index (χ4v) is 2.32. The first-order chi connectivity index (χ1) is 8.04. The van der Waals surface area contributed by atoms with Crippen LogP contribution < -0.4 is 10.1 Å². The van der Waals surface area contributed by atoms with Gasteiger partial charge in [-0.05, 0) is 32.3 Å². The summed E-state index contributed by atoms with van der Waals surface area (Å²) < 4.78 is 5.39. The largest absolute Gasteiger partial charge is 0.496 e. The van der Waals surface area contributed by atoms with Gasteiger partial charge in [-0.3, -0.25) is 0 Å². The Morgan fingerprint density at radius 3 is 2.35 bits per heavy atom. The summed E-state index contributed by atoms with van der Waals surface area (Å²) in [5.41, 5.74) is 1.23. The summed E-state index contributed by atoms with van der Waals surface area (Å²) in [5, 5.41) is 3.62. The molecule has 0 saturated carbocycles. The molecule has 0 aliphatic heterocycles. The lowest BCUT2D eigenvalue weighted by molar-refractivity contribution is 0.380. The Morgan fingerprint density at radius 2 is 1.76 bits per heavy atom. The lowest BCUT2D eigenvalue weighted by Gasteiger charge is -2.23. The van der Waals surface area contributed by atoms with Gasteiger partial charge in [0.05, 0.1) is 7.11 Å². The molecule has 0 spiro atoms. The van der Waals surface area contributed by atoms with Gasteiger partial charge in [-0.1, -0.05) is 32.0 Å². The van der Waals surface area contributed by atoms with E-state index in [0.717, 1.165) is 11.7 Å². The highest BCUT2D eigenvalue weighted by Crippen LogP contribution is 2.25. The van der Waals surface area contributed by atoms with Crippen LogP contribution in [0.2, 0.25) is 0 Å². The van der Waals surface area contributed by atoms with E-state index >= 15 is 0 Å². The van der Waals surface area contributed by atoms with Gasteiger partial charge in [0.15, 0.2) is 0 Å². The highest BCUT2D eigenvalue weighted by atomic mass is 16.5. The zero-order valence-electron chi connectivity index (χ0n) is 11.7. The van der Waals surface area contributed by atoms with E-state index in [1.165, 1.54) is 12.0 Å². The monoisotopic (exact) mass is 235 g/mol. The normalized spacial score (nSPS) is 14.7. The summed E-state index contributed by atoms with van der Waals surface area (Å²) in [7, 11) is 1.73. The van der Waals surface area contributed by atoms with Gasteiger partial charge in [-0.15, -0.1) is 0 Å². The molecule has 1 aromatic rings. The molecule has 0 aliphatic carbocycles. The minimum atomic E-state index is 0.319. The molecule has 0 heterocycles. The molecule has 0 radical (unpaired) electrons. The standard InChI is InChI=1S/C15H25NO/c1-11(2)10-12(3)16-13(4)14-8-6-7-9-15(14)17-5/h6-9,11-13,16H,10H2,1-5H3/t12?,13-/m0/s1. The minimum Gasteiger partial charge on any atom is -0.496 e. The first kappa shape index (κ1) is 14.0. The summed E-state index contributed by atoms with van der Waals surface area (Å²) in [6.07, 6.45) is 1.19. The number of rotatable bonds is 6. The Morgan fingerprint density at radius 1 is 1.12 bits per heavy atom. The molecule has 0 aliphatic rings. The smallest absolute Gasteiger partial charge is 0.123 e. The van der Waals surface area contributed by atoms with Crippen molar-refractivity contribution in [2.75, 3.05) is 7.11 Å². The Hall–Kier alpha value is -1.02. The molecule has 1 aromatic carbocycles. The van der Waals surface area contributed by atoms with Crippen LogP contribution >= 0.6 is 0 Å². The van der Waals surface area contributed by atoms with Gasteiger partial charge in [0, 0.05) is 17.6 Å². The quantitative estimate of drug-likeness (QED) is 0.810. The zero-order valence-corrected chi connectivity index (χ0v) is 11.7. The summed E-state index contributed by atoms with van der Waals surface area (Å²) in [6.45, 7) is 8.94. The summed E-state index contributed by atoms with van der Waals surface area (Å²) in [5.74, 6) is 1.69. The molecule has 0 bridgehead atoms. The van der Waals surface area contributed by atoms with E-state index in [-0.39, 0.29) is 0 Å². The molecule has 0 aromatic heterocycles. The second kappa shape index (κ2) is 6.65. The van der Waals surface area contributed by atoms with E-state index in [0.29, 0.717) is 12.1 Å². The predicted octanol–water partition coefficient (Wildman–Crippen LogP) is 3.78. The number of nitrogens with one attached hydrogen (secondary N) is 1. The van der Waals surface area contributed by atoms with Crippen LogP contribution in [0.15, 0.2) is 24.3 Å². The van der Waals surface area contributed by atoms with Crippen LogP contribution in [0.25, 0.3) is 0 Å². The molecule has 2 nitrogen and oxygen atoms in total. The molecule has 0 amide bonds. The van der Waals surface area contributed by atoms with Gasteiger partial charge in [0.25, 0.3) is 0 Å². The van der Waals surface area contributed by atoms with Crippen molar-refractivity contribution >= 4 is 0 Å². The molecule has 2 heteroatoms. The summed E-state index contributed by atoms with van der Waals surface area (Å²) in [4.78, 5) is 0. The van der Waals surface area contributed by atoms with E-state index in [2.05, 4.69) is 45.1 Å². The molecule has 1 N–H and O–H groups in total. The molecule has 17 heavy (non-hydrogen) atoms. The van der Waals surface area contributed by atoms with Gasteiger partial charge in [0.1, 0.15) is 5.75 Å². The highest BCUT2D eigenvalue weighted by Gasteiger charge is 2.13. The molecule has 0 fully saturated rings. The Bertz CT molecular complexity index is 335. The number of hydrogen-bond acceptors (Lipinski definition) is 2. The molecule has 1 rings (SSSR count). The lowest BCUT2D eigenvalue weighted by atomic mass is 10.0. The number of ether oxygens (including phenoxy) is 1. The van der Waals surface area contributed by atoms with Crippen molar-refractivity contribution in [1.82, 2.24) is 5.32 Å². The van der Waals surface area contributed by atoms with E-state index in [4.69, 9.17) is 4.74 Å². The van der Waals surface area contributed by atoms with Crippen molar-refractivity contribution in [3.8, 4) is 5.75 Å². The van der Waals surface area contributed by atoms with Crippen molar-refractivity contribution in [3.05, 3.63) is 29.8 Å². The van der Waals surface area contributed by atoms with Crippen molar-refractivity contribution in [3.63, 3.8) is 0 Å². The van der Waals surface area contributed by atoms with Crippen LogP contribution in [0, 0.1) is 5.92 Å². The third-order valence-corrected chi connectivity index (χ3v) is 2.96. The van der Waals surface area contributed by atoms with Crippen LogP contribution in [0.5, 0.6) is 5.75 Å². The molecular weight excluding hydrogens is 210 g/mol. The Kier molecular flexibility index (Phi) is 5.49. The maximum atomic E-state index is 5.39. The summed E-state index contributed by atoms with van der Waals surface area (Å²) in [6, 6.07) is 9.05. The third kappa shape index (κ3) is 4.39. The fourth-order valence-electron chi connectivity index (χ4n) is 2.32. The highest BCUT2D eigenvalue weighted by molar-refractivity contribution is 5.35. The maximum absolute atomic E-state index is 5.39. The van der Waals surface area contributed by atoms with Crippen molar-refractivity contribution < 1.29 is 4.74 Å². The third-order valence-electron chi connectivity index (χ3n) is 2.96. The topological polar surface area (TPSA) is 21.3 Å². The van der Waals surface area contributed by atoms with Gasteiger partial charge in [-0.2, -0.15) is 0 Å². The molecule has 0 saturated heterocycles. The Balaban J connectivity index is 2.65. The fraction of sp³-hybridized carbons (Fsp3) is 0.600. The van der Waals surface area contributed by atoms with Crippen LogP contribution in [-0.4, -0.2) is 13.2 Å². The predicted molar refractivity (Wildman–Crippen MR) is 73.5 cm³/mol. The van der Waals surface area contributed by atoms with Crippen LogP contribution in [0.4, 0.5) is 0 Å². The molecule has 2 atom stereocenters. The first-order valence-electron chi connectivity index (χ1n) is 6.43. The summed E-state index contributed by atoms with van der Waals surface area (Å²) >= 11 is 0. The number of hydrogen-bond donors (Lipinski definition) is 1. The van der Waals surface area contributed by atoms with Crippen LogP contribution in [0.3, 0.4) is 0 Å². The van der Waals surface area contributed by atoms with E-state index in [1.807, 2.05) is 12.1 Å².